The van der Waals surface area contributed by atoms with E-state index in [0.29, 0.717) is 0 Å². The summed E-state index contributed by atoms with van der Waals surface area (Å²) in [5, 5.41) is 4.29. The highest BCUT2D eigenvalue weighted by molar-refractivity contribution is 5.75. The average molecular weight is 481 g/mol. The number of hydrogen-bond donors (Lipinski definition) is 1. The highest BCUT2D eigenvalue weighted by Crippen LogP contribution is 2.28. The van der Waals surface area contributed by atoms with Crippen molar-refractivity contribution in [2.24, 2.45) is 0 Å². The third-order valence-electron chi connectivity index (χ3n) is 6.89. The number of piperidine rings is 1. The maximum atomic E-state index is 12.5. The second kappa shape index (κ2) is 9.87. The number of imidazole rings is 1. The Bertz CT molecular complexity index is 1510. The van der Waals surface area contributed by atoms with E-state index < -0.39 is 0 Å². The van der Waals surface area contributed by atoms with Gasteiger partial charge in [0.05, 0.1) is 11.0 Å². The fraction of sp³-hybridized carbons (Fsp3) is 0.241. The minimum atomic E-state index is -0.0120. The molecular weight excluding hydrogens is 452 g/mol. The lowest BCUT2D eigenvalue weighted by Gasteiger charge is -2.32. The molecule has 0 amide bonds. The number of aromatic nitrogens is 3. The molecule has 5 aromatic rings. The molecule has 1 N–H and O–H groups in total. The van der Waals surface area contributed by atoms with Crippen LogP contribution in [0.2, 0.25) is 0 Å². The predicted octanol–water partition coefficient (Wildman–Crippen LogP) is 5.66. The molecule has 36 heavy (non-hydrogen) atoms. The van der Waals surface area contributed by atoms with Crippen LogP contribution in [0, 0.1) is 0 Å². The van der Waals surface area contributed by atoms with Gasteiger partial charge in [-0.15, -0.1) is 0 Å². The Hall–Kier alpha value is -4.10. The van der Waals surface area contributed by atoms with E-state index in [0.717, 1.165) is 78.4 Å². The molecule has 0 bridgehead atoms. The highest BCUT2D eigenvalue weighted by atomic mass is 16.5. The van der Waals surface area contributed by atoms with Gasteiger partial charge in [-0.2, -0.15) is 0 Å². The van der Waals surface area contributed by atoms with E-state index in [1.54, 1.807) is 0 Å². The van der Waals surface area contributed by atoms with Crippen molar-refractivity contribution in [3.8, 4) is 22.8 Å². The van der Waals surface area contributed by atoms with E-state index in [2.05, 4.69) is 15.0 Å². The second-order valence-electron chi connectivity index (χ2n) is 9.26. The summed E-state index contributed by atoms with van der Waals surface area (Å²) in [4.78, 5) is 17.9. The highest BCUT2D eigenvalue weighted by Gasteiger charge is 2.23. The van der Waals surface area contributed by atoms with E-state index in [-0.39, 0.29) is 11.7 Å². The molecule has 0 radical (unpaired) electrons. The van der Waals surface area contributed by atoms with E-state index in [4.69, 9.17) is 9.26 Å². The summed E-state index contributed by atoms with van der Waals surface area (Å²) in [5.41, 5.74) is 3.66. The summed E-state index contributed by atoms with van der Waals surface area (Å²) in [6.45, 7) is 2.81. The van der Waals surface area contributed by atoms with E-state index in [1.165, 1.54) is 0 Å². The zero-order chi connectivity index (χ0) is 24.3. The molecule has 1 aliphatic heterocycles. The maximum absolute atomic E-state index is 12.5. The molecule has 0 spiro atoms. The van der Waals surface area contributed by atoms with Crippen molar-refractivity contribution in [1.29, 1.82) is 0 Å². The van der Waals surface area contributed by atoms with Crippen LogP contribution in [0.3, 0.4) is 0 Å². The van der Waals surface area contributed by atoms with E-state index in [1.807, 2.05) is 89.5 Å². The number of H-pyrrole nitrogens is 1. The molecule has 1 fully saturated rings. The van der Waals surface area contributed by atoms with Gasteiger partial charge in [0.2, 0.25) is 0 Å². The smallest absolute Gasteiger partial charge is 0.326 e. The van der Waals surface area contributed by atoms with Crippen LogP contribution in [0.4, 0.5) is 0 Å². The van der Waals surface area contributed by atoms with E-state index in [9.17, 15) is 4.79 Å². The zero-order valence-electron chi connectivity index (χ0n) is 20.0. The first-order chi connectivity index (χ1) is 17.7. The van der Waals surface area contributed by atoms with Gasteiger partial charge in [0.25, 0.3) is 0 Å². The molecule has 6 rings (SSSR count). The summed E-state index contributed by atoms with van der Waals surface area (Å²) < 4.78 is 13.5. The molecule has 3 aromatic carbocycles. The monoisotopic (exact) mass is 480 g/mol. The van der Waals surface area contributed by atoms with Crippen LogP contribution < -0.4 is 10.4 Å². The zero-order valence-corrected chi connectivity index (χ0v) is 20.0. The molecule has 0 saturated carbocycles. The van der Waals surface area contributed by atoms with Crippen molar-refractivity contribution < 1.29 is 9.26 Å². The minimum absolute atomic E-state index is 0.0120. The molecule has 1 aliphatic rings. The molecule has 2 aromatic heterocycles. The van der Waals surface area contributed by atoms with Crippen LogP contribution in [-0.2, 0) is 6.42 Å². The van der Waals surface area contributed by atoms with Crippen LogP contribution in [0.1, 0.15) is 24.6 Å². The van der Waals surface area contributed by atoms with Crippen LogP contribution in [-0.4, -0.2) is 39.2 Å². The molecular formula is C29H28N4O3. The number of aromatic amines is 1. The largest absolute Gasteiger partial charge is 0.457 e. The summed E-state index contributed by atoms with van der Waals surface area (Å²) in [6.07, 6.45) is 2.71. The Morgan fingerprint density at radius 2 is 1.69 bits per heavy atom. The number of nitrogens with zero attached hydrogens (tertiary/aromatic N) is 3. The van der Waals surface area contributed by atoms with Gasteiger partial charge < -0.3 is 19.1 Å². The van der Waals surface area contributed by atoms with Crippen molar-refractivity contribution in [2.75, 3.05) is 19.6 Å². The van der Waals surface area contributed by atoms with Gasteiger partial charge in [-0.25, -0.2) is 4.79 Å². The van der Waals surface area contributed by atoms with Gasteiger partial charge in [-0.05, 0) is 49.2 Å². The third-order valence-corrected chi connectivity index (χ3v) is 6.89. The Labute approximate surface area is 208 Å². The normalized spacial score (nSPS) is 14.9. The number of fused-ring (bicyclic) bond motifs is 1. The fourth-order valence-corrected chi connectivity index (χ4v) is 5.02. The standard InChI is InChI=1S/C29H28N4O3/c34-29-30-26-11-4-5-12-28(26)33(29)22-13-16-32(17-14-22)18-15-25-20-27(31-36-25)21-7-6-10-24(19-21)35-23-8-2-1-3-9-23/h1-12,19-20,22H,13-18H2,(H,30,34). The number of hydrogen-bond acceptors (Lipinski definition) is 5. The number of para-hydroxylation sites is 3. The summed E-state index contributed by atoms with van der Waals surface area (Å²) in [6, 6.07) is 27.8. The summed E-state index contributed by atoms with van der Waals surface area (Å²) in [7, 11) is 0. The fourth-order valence-electron chi connectivity index (χ4n) is 5.02. The van der Waals surface area contributed by atoms with Gasteiger partial charge >= 0.3 is 5.69 Å². The van der Waals surface area contributed by atoms with Crippen LogP contribution in [0.5, 0.6) is 11.5 Å². The molecule has 7 nitrogen and oxygen atoms in total. The molecule has 1 saturated heterocycles. The Kier molecular flexibility index (Phi) is 6.13. The quantitative estimate of drug-likeness (QED) is 0.325. The Morgan fingerprint density at radius 3 is 2.56 bits per heavy atom. The van der Waals surface area contributed by atoms with Gasteiger partial charge in [0, 0.05) is 43.7 Å². The first-order valence-electron chi connectivity index (χ1n) is 12.4. The SMILES string of the molecule is O=c1[nH]c2ccccc2n1C1CCN(CCc2cc(-c3cccc(Oc4ccccc4)c3)no2)CC1. The van der Waals surface area contributed by atoms with Crippen molar-refractivity contribution in [1.82, 2.24) is 19.6 Å². The molecule has 0 aliphatic carbocycles. The summed E-state index contributed by atoms with van der Waals surface area (Å²) >= 11 is 0. The molecule has 182 valence electrons. The molecule has 0 atom stereocenters. The Balaban J connectivity index is 1.05. The molecule has 3 heterocycles. The van der Waals surface area contributed by atoms with Crippen LogP contribution in [0.25, 0.3) is 22.3 Å². The van der Waals surface area contributed by atoms with Crippen molar-refractivity contribution in [3.63, 3.8) is 0 Å². The minimum Gasteiger partial charge on any atom is -0.457 e. The average Bonchev–Trinajstić information content (AvgIpc) is 3.52. The lowest BCUT2D eigenvalue weighted by atomic mass is 10.0. The Morgan fingerprint density at radius 1 is 0.917 bits per heavy atom. The molecule has 7 heteroatoms. The predicted molar refractivity (Wildman–Crippen MR) is 139 cm³/mol. The second-order valence-corrected chi connectivity index (χ2v) is 9.26. The van der Waals surface area contributed by atoms with Crippen molar-refractivity contribution >= 4 is 11.0 Å². The van der Waals surface area contributed by atoms with Gasteiger partial charge in [0.15, 0.2) is 0 Å². The number of benzene rings is 3. The lowest BCUT2D eigenvalue weighted by molar-refractivity contribution is 0.184. The van der Waals surface area contributed by atoms with Crippen molar-refractivity contribution in [2.45, 2.75) is 25.3 Å². The number of ether oxygens (including phenoxy) is 1. The maximum Gasteiger partial charge on any atom is 0.326 e. The topological polar surface area (TPSA) is 76.3 Å². The van der Waals surface area contributed by atoms with Crippen molar-refractivity contribution in [3.05, 3.63) is 101 Å². The van der Waals surface area contributed by atoms with E-state index >= 15 is 0 Å². The first kappa shape index (κ1) is 22.4. The van der Waals surface area contributed by atoms with Gasteiger partial charge in [-0.1, -0.05) is 47.6 Å². The lowest BCUT2D eigenvalue weighted by Crippen LogP contribution is -2.37. The van der Waals surface area contributed by atoms with Gasteiger partial charge in [-0.3, -0.25) is 4.57 Å². The van der Waals surface area contributed by atoms with Crippen LogP contribution >= 0.6 is 0 Å². The van der Waals surface area contributed by atoms with Crippen LogP contribution in [0.15, 0.2) is 94.2 Å². The number of rotatable bonds is 7. The summed E-state index contributed by atoms with van der Waals surface area (Å²) in [5.74, 6) is 2.43. The van der Waals surface area contributed by atoms with Gasteiger partial charge in [0.1, 0.15) is 23.0 Å². The third kappa shape index (κ3) is 4.70. The first-order valence-corrected chi connectivity index (χ1v) is 12.4. The molecule has 0 unspecified atom stereocenters. The number of nitrogens with one attached hydrogen (secondary N) is 1. The number of likely N-dealkylation sites (tertiary alicyclic amines) is 1.